The third-order valence-corrected chi connectivity index (χ3v) is 3.81. The van der Waals surface area contributed by atoms with Crippen molar-refractivity contribution in [3.05, 3.63) is 0 Å². The van der Waals surface area contributed by atoms with Gasteiger partial charge in [0.05, 0.1) is 0 Å². The second-order valence-electron chi connectivity index (χ2n) is 4.75. The van der Waals surface area contributed by atoms with Gasteiger partial charge in [0.25, 0.3) is 0 Å². The van der Waals surface area contributed by atoms with E-state index in [1.807, 2.05) is 0 Å². The fourth-order valence-corrected chi connectivity index (χ4v) is 2.52. The molecule has 0 rings (SSSR count). The fourth-order valence-electron chi connectivity index (χ4n) is 1.95. The molecule has 3 heteroatoms. The molecular weight excluding hydrogens is 228 g/mol. The van der Waals surface area contributed by atoms with Crippen LogP contribution in [0.25, 0.3) is 0 Å². The molecule has 0 spiro atoms. The molecule has 102 valence electrons. The van der Waals surface area contributed by atoms with Gasteiger partial charge in [0.2, 0.25) is 0 Å². The SMILES string of the molecule is CCCCCCCCCCCCCSC(=N)N. The summed E-state index contributed by atoms with van der Waals surface area (Å²) in [7, 11) is 0. The first-order valence-electron chi connectivity index (χ1n) is 7.24. The third kappa shape index (κ3) is 15.8. The first-order valence-corrected chi connectivity index (χ1v) is 8.22. The largest absolute Gasteiger partial charge is 0.379 e. The molecule has 0 saturated carbocycles. The van der Waals surface area contributed by atoms with E-state index in [1.165, 1.54) is 82.4 Å². The molecule has 0 amide bonds. The summed E-state index contributed by atoms with van der Waals surface area (Å²) in [5.41, 5.74) is 5.27. The van der Waals surface area contributed by atoms with E-state index < -0.39 is 0 Å². The van der Waals surface area contributed by atoms with Gasteiger partial charge in [0.15, 0.2) is 5.17 Å². The van der Waals surface area contributed by atoms with Crippen molar-refractivity contribution in [1.29, 1.82) is 5.41 Å². The summed E-state index contributed by atoms with van der Waals surface area (Å²) in [5, 5.41) is 7.34. The van der Waals surface area contributed by atoms with Crippen molar-refractivity contribution in [1.82, 2.24) is 0 Å². The molecule has 0 aliphatic carbocycles. The van der Waals surface area contributed by atoms with Crippen LogP contribution in [-0.4, -0.2) is 10.9 Å². The lowest BCUT2D eigenvalue weighted by molar-refractivity contribution is 0.555. The summed E-state index contributed by atoms with van der Waals surface area (Å²) < 4.78 is 0. The van der Waals surface area contributed by atoms with Gasteiger partial charge < -0.3 is 5.73 Å². The van der Waals surface area contributed by atoms with Gasteiger partial charge >= 0.3 is 0 Å². The van der Waals surface area contributed by atoms with Crippen molar-refractivity contribution < 1.29 is 0 Å². The summed E-state index contributed by atoms with van der Waals surface area (Å²) in [5.74, 6) is 1.02. The van der Waals surface area contributed by atoms with E-state index >= 15 is 0 Å². The van der Waals surface area contributed by atoms with E-state index in [2.05, 4.69) is 6.92 Å². The number of unbranched alkanes of at least 4 members (excludes halogenated alkanes) is 10. The molecule has 17 heavy (non-hydrogen) atoms. The minimum Gasteiger partial charge on any atom is -0.379 e. The molecule has 3 N–H and O–H groups in total. The van der Waals surface area contributed by atoms with E-state index in [1.54, 1.807) is 0 Å². The molecule has 0 bridgehead atoms. The number of rotatable bonds is 12. The van der Waals surface area contributed by atoms with Crippen LogP contribution in [-0.2, 0) is 0 Å². The molecule has 0 aromatic carbocycles. The van der Waals surface area contributed by atoms with E-state index in [4.69, 9.17) is 11.1 Å². The van der Waals surface area contributed by atoms with Crippen LogP contribution in [0.3, 0.4) is 0 Å². The van der Waals surface area contributed by atoms with Crippen molar-refractivity contribution in [3.63, 3.8) is 0 Å². The molecule has 2 nitrogen and oxygen atoms in total. The van der Waals surface area contributed by atoms with E-state index in [-0.39, 0.29) is 5.17 Å². The number of nitrogens with one attached hydrogen (secondary N) is 1. The third-order valence-electron chi connectivity index (χ3n) is 3.01. The second kappa shape index (κ2) is 13.9. The molecule has 0 unspecified atom stereocenters. The van der Waals surface area contributed by atoms with Crippen molar-refractivity contribution >= 4 is 16.9 Å². The fraction of sp³-hybridized carbons (Fsp3) is 0.929. The van der Waals surface area contributed by atoms with Crippen LogP contribution >= 0.6 is 11.8 Å². The Labute approximate surface area is 112 Å². The Morgan fingerprint density at radius 2 is 1.24 bits per heavy atom. The molecule has 0 atom stereocenters. The standard InChI is InChI=1S/C14H30N2S/c1-2-3-4-5-6-7-8-9-10-11-12-13-17-14(15)16/h2-13H2,1H3,(H3,15,16). The van der Waals surface area contributed by atoms with Gasteiger partial charge in [0.1, 0.15) is 0 Å². The van der Waals surface area contributed by atoms with Crippen LogP contribution in [0.5, 0.6) is 0 Å². The van der Waals surface area contributed by atoms with Crippen LogP contribution in [0.1, 0.15) is 77.6 Å². The van der Waals surface area contributed by atoms with Crippen LogP contribution in [0.4, 0.5) is 0 Å². The monoisotopic (exact) mass is 258 g/mol. The number of hydrogen-bond acceptors (Lipinski definition) is 2. The molecule has 0 aliphatic rings. The van der Waals surface area contributed by atoms with Crippen LogP contribution in [0, 0.1) is 5.41 Å². The number of nitrogens with two attached hydrogens (primary N) is 1. The first kappa shape index (κ1) is 16.8. The quantitative estimate of drug-likeness (QED) is 0.296. The van der Waals surface area contributed by atoms with Gasteiger partial charge in [-0.1, -0.05) is 82.9 Å². The molecule has 0 fully saturated rings. The lowest BCUT2D eigenvalue weighted by Crippen LogP contribution is -2.04. The average Bonchev–Trinajstić information content (AvgIpc) is 2.30. The van der Waals surface area contributed by atoms with Crippen molar-refractivity contribution in [2.75, 3.05) is 5.75 Å². The van der Waals surface area contributed by atoms with Gasteiger partial charge in [-0.3, -0.25) is 5.41 Å². The Bertz CT molecular complexity index is 172. The highest BCUT2D eigenvalue weighted by Gasteiger charge is 1.94. The lowest BCUT2D eigenvalue weighted by Gasteiger charge is -2.02. The number of thioether (sulfide) groups is 1. The average molecular weight is 258 g/mol. The summed E-state index contributed by atoms with van der Waals surface area (Å²) >= 11 is 1.47. The van der Waals surface area contributed by atoms with E-state index in [0.717, 1.165) is 5.75 Å². The van der Waals surface area contributed by atoms with Crippen LogP contribution in [0.2, 0.25) is 0 Å². The second-order valence-corrected chi connectivity index (χ2v) is 5.88. The maximum absolute atomic E-state index is 7.08. The predicted molar refractivity (Wildman–Crippen MR) is 80.8 cm³/mol. The molecule has 0 radical (unpaired) electrons. The molecule has 0 aromatic heterocycles. The number of hydrogen-bond donors (Lipinski definition) is 2. The lowest BCUT2D eigenvalue weighted by atomic mass is 10.1. The van der Waals surface area contributed by atoms with Gasteiger partial charge in [-0.2, -0.15) is 0 Å². The zero-order chi connectivity index (χ0) is 12.8. The Kier molecular flexibility index (Phi) is 13.7. The van der Waals surface area contributed by atoms with Gasteiger partial charge in [-0.05, 0) is 6.42 Å². The van der Waals surface area contributed by atoms with Gasteiger partial charge in [-0.25, -0.2) is 0 Å². The Morgan fingerprint density at radius 1 is 0.824 bits per heavy atom. The van der Waals surface area contributed by atoms with Crippen molar-refractivity contribution in [2.24, 2.45) is 5.73 Å². The predicted octanol–water partition coefficient (Wildman–Crippen LogP) is 4.92. The first-order chi connectivity index (χ1) is 8.27. The molecule has 0 aliphatic heterocycles. The Hall–Kier alpha value is -0.180. The topological polar surface area (TPSA) is 49.9 Å². The maximum Gasteiger partial charge on any atom is 0.151 e. The summed E-state index contributed by atoms with van der Waals surface area (Å²) in [6.45, 7) is 2.27. The van der Waals surface area contributed by atoms with Crippen LogP contribution in [0.15, 0.2) is 0 Å². The number of amidine groups is 1. The normalized spacial score (nSPS) is 10.6. The minimum atomic E-state index is 0.261. The van der Waals surface area contributed by atoms with E-state index in [9.17, 15) is 0 Å². The Balaban J connectivity index is 2.91. The Morgan fingerprint density at radius 3 is 1.65 bits per heavy atom. The van der Waals surface area contributed by atoms with Crippen LogP contribution < -0.4 is 5.73 Å². The molecule has 0 heterocycles. The molecule has 0 aromatic rings. The summed E-state index contributed by atoms with van der Waals surface area (Å²) in [4.78, 5) is 0. The maximum atomic E-state index is 7.08. The summed E-state index contributed by atoms with van der Waals surface area (Å²) in [6, 6.07) is 0. The highest BCUT2D eigenvalue weighted by Crippen LogP contribution is 2.12. The highest BCUT2D eigenvalue weighted by atomic mass is 32.2. The van der Waals surface area contributed by atoms with Gasteiger partial charge in [-0.15, -0.1) is 0 Å². The minimum absolute atomic E-state index is 0.261. The summed E-state index contributed by atoms with van der Waals surface area (Å²) in [6.07, 6.45) is 15.1. The molecule has 0 saturated heterocycles. The van der Waals surface area contributed by atoms with Crippen molar-refractivity contribution in [2.45, 2.75) is 77.6 Å². The van der Waals surface area contributed by atoms with Gasteiger partial charge in [0, 0.05) is 5.75 Å². The van der Waals surface area contributed by atoms with Crippen molar-refractivity contribution in [3.8, 4) is 0 Å². The van der Waals surface area contributed by atoms with E-state index in [0.29, 0.717) is 0 Å². The molecular formula is C14H30N2S. The zero-order valence-corrected chi connectivity index (χ0v) is 12.3. The highest BCUT2D eigenvalue weighted by molar-refractivity contribution is 8.13. The zero-order valence-electron chi connectivity index (χ0n) is 11.5. The smallest absolute Gasteiger partial charge is 0.151 e.